The monoisotopic (exact) mass is 580 g/mol. The summed E-state index contributed by atoms with van der Waals surface area (Å²) in [5, 5.41) is 0. The van der Waals surface area contributed by atoms with Gasteiger partial charge in [0.1, 0.15) is 18.8 Å². The molecular weight excluding hydrogens is 548 g/mol. The predicted octanol–water partition coefficient (Wildman–Crippen LogP) is 6.18. The maximum atomic E-state index is 13.1. The van der Waals surface area contributed by atoms with Gasteiger partial charge in [0.15, 0.2) is 0 Å². The molecule has 0 aliphatic rings. The highest BCUT2D eigenvalue weighted by atomic mass is 16.6. The van der Waals surface area contributed by atoms with Crippen LogP contribution in [0, 0.1) is 5.92 Å². The van der Waals surface area contributed by atoms with Crippen LogP contribution in [0.4, 0.5) is 0 Å². The Labute approximate surface area is 250 Å². The van der Waals surface area contributed by atoms with E-state index in [0.29, 0.717) is 22.3 Å². The SMILES string of the molecule is CC(COC(=O)c1ccccc1)C(C[C@H](COC(=O)c1ccccc1)OC(=O)c1ccccc1)OC(=O)c1ccccc1. The van der Waals surface area contributed by atoms with E-state index < -0.39 is 42.0 Å². The lowest BCUT2D eigenvalue weighted by Gasteiger charge is -2.28. The van der Waals surface area contributed by atoms with Crippen molar-refractivity contribution in [2.75, 3.05) is 13.2 Å². The second kappa shape index (κ2) is 15.7. The summed E-state index contributed by atoms with van der Waals surface area (Å²) in [7, 11) is 0. The Bertz CT molecular complexity index is 1470. The topological polar surface area (TPSA) is 105 Å². The zero-order chi connectivity index (χ0) is 30.4. The maximum Gasteiger partial charge on any atom is 0.338 e. The number of hydrogen-bond acceptors (Lipinski definition) is 8. The molecule has 0 aliphatic carbocycles. The summed E-state index contributed by atoms with van der Waals surface area (Å²) in [5.41, 5.74) is 1.36. The summed E-state index contributed by atoms with van der Waals surface area (Å²) >= 11 is 0. The van der Waals surface area contributed by atoms with Crippen molar-refractivity contribution in [1.29, 1.82) is 0 Å². The van der Waals surface area contributed by atoms with Gasteiger partial charge in [-0.3, -0.25) is 0 Å². The fraction of sp³-hybridized carbons (Fsp3) is 0.200. The van der Waals surface area contributed by atoms with Crippen LogP contribution >= 0.6 is 0 Å². The third-order valence-electron chi connectivity index (χ3n) is 6.58. The van der Waals surface area contributed by atoms with Crippen molar-refractivity contribution in [3.63, 3.8) is 0 Å². The highest BCUT2D eigenvalue weighted by molar-refractivity contribution is 5.91. The van der Waals surface area contributed by atoms with E-state index in [0.717, 1.165) is 0 Å². The van der Waals surface area contributed by atoms with Crippen LogP contribution < -0.4 is 0 Å². The number of ether oxygens (including phenoxy) is 4. The molecule has 0 N–H and O–H groups in total. The van der Waals surface area contributed by atoms with E-state index in [9.17, 15) is 19.2 Å². The molecule has 0 saturated heterocycles. The quantitative estimate of drug-likeness (QED) is 0.136. The molecule has 0 fully saturated rings. The minimum atomic E-state index is -0.985. The molecule has 0 radical (unpaired) electrons. The third kappa shape index (κ3) is 9.39. The number of rotatable bonds is 13. The van der Waals surface area contributed by atoms with Crippen LogP contribution in [0.3, 0.4) is 0 Å². The molecule has 220 valence electrons. The van der Waals surface area contributed by atoms with Crippen LogP contribution in [0.25, 0.3) is 0 Å². The lowest BCUT2D eigenvalue weighted by atomic mass is 9.99. The van der Waals surface area contributed by atoms with Crippen LogP contribution in [0.5, 0.6) is 0 Å². The molecule has 0 heterocycles. The summed E-state index contributed by atoms with van der Waals surface area (Å²) in [4.78, 5) is 51.4. The summed E-state index contributed by atoms with van der Waals surface area (Å²) in [5.74, 6) is -2.85. The Kier molecular flexibility index (Phi) is 11.2. The van der Waals surface area contributed by atoms with Gasteiger partial charge in [-0.05, 0) is 48.5 Å². The highest BCUT2D eigenvalue weighted by Gasteiger charge is 2.30. The van der Waals surface area contributed by atoms with Gasteiger partial charge < -0.3 is 18.9 Å². The van der Waals surface area contributed by atoms with Crippen LogP contribution in [0.1, 0.15) is 54.8 Å². The first-order valence-electron chi connectivity index (χ1n) is 13.9. The average molecular weight is 581 g/mol. The van der Waals surface area contributed by atoms with Crippen molar-refractivity contribution in [1.82, 2.24) is 0 Å². The number of benzene rings is 4. The molecular formula is C35H32O8. The highest BCUT2D eigenvalue weighted by Crippen LogP contribution is 2.21. The molecule has 4 rings (SSSR count). The van der Waals surface area contributed by atoms with Crippen molar-refractivity contribution in [3.8, 4) is 0 Å². The second-order valence-electron chi connectivity index (χ2n) is 9.85. The lowest BCUT2D eigenvalue weighted by molar-refractivity contribution is -0.0392. The molecule has 0 bridgehead atoms. The number of carbonyl (C=O) groups is 4. The molecule has 3 atom stereocenters. The summed E-state index contributed by atoms with van der Waals surface area (Å²) in [6.07, 6.45) is -1.88. The standard InChI is InChI=1S/C35H32O8/c1-25(23-40-32(36)26-14-6-2-7-15-26)31(43-35(39)29-20-12-5-13-21-29)22-30(42-34(38)28-18-10-4-11-19-28)24-41-33(37)27-16-8-3-9-17-27/h2-21,25,30-31H,22-24H2,1H3/t25?,30-,31?/m1/s1. The lowest BCUT2D eigenvalue weighted by Crippen LogP contribution is -2.36. The minimum Gasteiger partial charge on any atom is -0.462 e. The van der Waals surface area contributed by atoms with Gasteiger partial charge in [0.25, 0.3) is 0 Å². The van der Waals surface area contributed by atoms with E-state index in [-0.39, 0.29) is 19.6 Å². The molecule has 0 spiro atoms. The van der Waals surface area contributed by atoms with Crippen molar-refractivity contribution in [2.24, 2.45) is 5.92 Å². The van der Waals surface area contributed by atoms with Gasteiger partial charge in [-0.1, -0.05) is 79.7 Å². The normalized spacial score (nSPS) is 12.7. The number of carbonyl (C=O) groups excluding carboxylic acids is 4. The van der Waals surface area contributed by atoms with Crippen molar-refractivity contribution in [2.45, 2.75) is 25.6 Å². The fourth-order valence-corrected chi connectivity index (χ4v) is 4.18. The van der Waals surface area contributed by atoms with Crippen molar-refractivity contribution >= 4 is 23.9 Å². The first-order chi connectivity index (χ1) is 20.9. The van der Waals surface area contributed by atoms with Crippen LogP contribution in [-0.2, 0) is 18.9 Å². The third-order valence-corrected chi connectivity index (χ3v) is 6.58. The van der Waals surface area contributed by atoms with Crippen LogP contribution in [-0.4, -0.2) is 49.3 Å². The molecule has 43 heavy (non-hydrogen) atoms. The van der Waals surface area contributed by atoms with Gasteiger partial charge in [0.05, 0.1) is 28.9 Å². The molecule has 4 aromatic carbocycles. The average Bonchev–Trinajstić information content (AvgIpc) is 3.06. The molecule has 0 aromatic heterocycles. The predicted molar refractivity (Wildman–Crippen MR) is 159 cm³/mol. The Morgan fingerprint density at radius 1 is 0.488 bits per heavy atom. The largest absolute Gasteiger partial charge is 0.462 e. The smallest absolute Gasteiger partial charge is 0.338 e. The Balaban J connectivity index is 1.52. The van der Waals surface area contributed by atoms with Gasteiger partial charge in [0.2, 0.25) is 0 Å². The van der Waals surface area contributed by atoms with E-state index in [4.69, 9.17) is 18.9 Å². The second-order valence-corrected chi connectivity index (χ2v) is 9.85. The van der Waals surface area contributed by atoms with Gasteiger partial charge >= 0.3 is 23.9 Å². The van der Waals surface area contributed by atoms with Gasteiger partial charge in [-0.2, -0.15) is 0 Å². The Morgan fingerprint density at radius 2 is 0.837 bits per heavy atom. The maximum absolute atomic E-state index is 13.1. The van der Waals surface area contributed by atoms with Crippen molar-refractivity contribution in [3.05, 3.63) is 144 Å². The minimum absolute atomic E-state index is 0.0245. The van der Waals surface area contributed by atoms with E-state index >= 15 is 0 Å². The van der Waals surface area contributed by atoms with Gasteiger partial charge in [-0.25, -0.2) is 19.2 Å². The molecule has 0 amide bonds. The van der Waals surface area contributed by atoms with Crippen LogP contribution in [0.2, 0.25) is 0 Å². The summed E-state index contributed by atoms with van der Waals surface area (Å²) in [6, 6.07) is 33.8. The van der Waals surface area contributed by atoms with E-state index in [2.05, 4.69) is 0 Å². The van der Waals surface area contributed by atoms with Crippen LogP contribution in [0.15, 0.2) is 121 Å². The van der Waals surface area contributed by atoms with E-state index in [1.165, 1.54) is 0 Å². The fourth-order valence-electron chi connectivity index (χ4n) is 4.18. The molecule has 8 nitrogen and oxygen atoms in total. The van der Waals surface area contributed by atoms with Gasteiger partial charge in [0, 0.05) is 12.3 Å². The molecule has 4 aromatic rings. The zero-order valence-electron chi connectivity index (χ0n) is 23.7. The van der Waals surface area contributed by atoms with Crippen molar-refractivity contribution < 1.29 is 38.1 Å². The van der Waals surface area contributed by atoms with E-state index in [1.54, 1.807) is 128 Å². The zero-order valence-corrected chi connectivity index (χ0v) is 23.7. The van der Waals surface area contributed by atoms with E-state index in [1.807, 2.05) is 0 Å². The first-order valence-corrected chi connectivity index (χ1v) is 13.9. The summed E-state index contributed by atoms with van der Waals surface area (Å²) in [6.45, 7) is 1.39. The number of esters is 4. The summed E-state index contributed by atoms with van der Waals surface area (Å²) < 4.78 is 22.7. The first kappa shape index (κ1) is 30.7. The number of hydrogen-bond donors (Lipinski definition) is 0. The molecule has 0 saturated carbocycles. The molecule has 8 heteroatoms. The van der Waals surface area contributed by atoms with Gasteiger partial charge in [-0.15, -0.1) is 0 Å². The molecule has 0 aliphatic heterocycles. The molecule has 2 unspecified atom stereocenters. The Hall–Kier alpha value is -5.24. The Morgan fingerprint density at radius 3 is 1.26 bits per heavy atom.